The topological polar surface area (TPSA) is 68.5 Å². The summed E-state index contributed by atoms with van der Waals surface area (Å²) in [6.45, 7) is 0. The van der Waals surface area contributed by atoms with E-state index in [0.717, 1.165) is 30.0 Å². The Kier molecular flexibility index (Phi) is 4.72. The summed E-state index contributed by atoms with van der Waals surface area (Å²) in [7, 11) is 2.06. The molecule has 5 nitrogen and oxygen atoms in total. The standard InChI is InChI=1S/C26H31N5/c1-27-17-8-11-23-21(13-17)20-10-12-25(31-26(20)30-23)29-18-7-9-19-22(15-28-24(19)14-18)16-5-3-2-4-6-16/h7,9-10,12,14-17,27-28H,2-6,8,11,13H2,1H3,(H2,29,30,31). The number of pyridine rings is 1. The summed E-state index contributed by atoms with van der Waals surface area (Å²) in [5.74, 6) is 1.60. The first-order valence-corrected chi connectivity index (χ1v) is 11.8. The minimum absolute atomic E-state index is 0.565. The van der Waals surface area contributed by atoms with Crippen molar-refractivity contribution < 1.29 is 0 Å². The van der Waals surface area contributed by atoms with Gasteiger partial charge in [0.1, 0.15) is 11.5 Å². The van der Waals surface area contributed by atoms with Gasteiger partial charge in [0.05, 0.1) is 0 Å². The molecular formula is C26H31N5. The maximum Gasteiger partial charge on any atom is 0.140 e. The molecule has 0 aliphatic heterocycles. The summed E-state index contributed by atoms with van der Waals surface area (Å²) < 4.78 is 0. The molecule has 1 atom stereocenters. The lowest BCUT2D eigenvalue weighted by Gasteiger charge is -2.21. The lowest BCUT2D eigenvalue weighted by Crippen LogP contribution is -2.31. The van der Waals surface area contributed by atoms with Gasteiger partial charge >= 0.3 is 0 Å². The van der Waals surface area contributed by atoms with Crippen molar-refractivity contribution in [2.45, 2.75) is 63.3 Å². The van der Waals surface area contributed by atoms with E-state index in [1.165, 1.54) is 71.6 Å². The zero-order chi connectivity index (χ0) is 20.8. The first-order valence-electron chi connectivity index (χ1n) is 11.8. The second kappa shape index (κ2) is 7.72. The normalized spacial score (nSPS) is 19.7. The van der Waals surface area contributed by atoms with Crippen molar-refractivity contribution in [3.63, 3.8) is 0 Å². The van der Waals surface area contributed by atoms with E-state index >= 15 is 0 Å². The maximum atomic E-state index is 4.89. The van der Waals surface area contributed by atoms with Crippen molar-refractivity contribution in [2.24, 2.45) is 0 Å². The van der Waals surface area contributed by atoms with Gasteiger partial charge in [0.15, 0.2) is 0 Å². The zero-order valence-electron chi connectivity index (χ0n) is 18.2. The monoisotopic (exact) mass is 413 g/mol. The van der Waals surface area contributed by atoms with Crippen LogP contribution in [0.25, 0.3) is 21.9 Å². The number of anilines is 2. The van der Waals surface area contributed by atoms with Crippen LogP contribution in [0, 0.1) is 0 Å². The number of likely N-dealkylation sites (N-methyl/N-ethyl adjacent to an activating group) is 1. The summed E-state index contributed by atoms with van der Waals surface area (Å²) in [5, 5.41) is 9.58. The quantitative estimate of drug-likeness (QED) is 0.336. The molecular weight excluding hydrogens is 382 g/mol. The van der Waals surface area contributed by atoms with E-state index in [0.29, 0.717) is 12.0 Å². The molecule has 4 N–H and O–H groups in total. The number of hydrogen-bond donors (Lipinski definition) is 4. The number of H-pyrrole nitrogens is 2. The fraction of sp³-hybridized carbons (Fsp3) is 0.423. The Morgan fingerprint density at radius 2 is 1.87 bits per heavy atom. The minimum Gasteiger partial charge on any atom is -0.361 e. The molecule has 160 valence electrons. The fourth-order valence-corrected chi connectivity index (χ4v) is 5.73. The Hall–Kier alpha value is -2.79. The minimum atomic E-state index is 0.565. The van der Waals surface area contributed by atoms with Crippen LogP contribution >= 0.6 is 0 Å². The van der Waals surface area contributed by atoms with Crippen LogP contribution in [0.3, 0.4) is 0 Å². The van der Waals surface area contributed by atoms with Gasteiger partial charge in [0, 0.05) is 39.9 Å². The molecule has 3 heterocycles. The third-order valence-corrected chi connectivity index (χ3v) is 7.49. The van der Waals surface area contributed by atoms with Crippen molar-refractivity contribution in [1.29, 1.82) is 0 Å². The molecule has 0 bridgehead atoms. The lowest BCUT2D eigenvalue weighted by atomic mass is 9.84. The number of aryl methyl sites for hydroxylation is 1. The Balaban J connectivity index is 1.26. The highest BCUT2D eigenvalue weighted by atomic mass is 15.0. The van der Waals surface area contributed by atoms with Crippen LogP contribution in [0.15, 0.2) is 36.5 Å². The van der Waals surface area contributed by atoms with Crippen molar-refractivity contribution in [2.75, 3.05) is 12.4 Å². The van der Waals surface area contributed by atoms with Crippen LogP contribution in [0.4, 0.5) is 11.5 Å². The van der Waals surface area contributed by atoms with Gasteiger partial charge in [-0.3, -0.25) is 0 Å². The zero-order valence-corrected chi connectivity index (χ0v) is 18.2. The van der Waals surface area contributed by atoms with Gasteiger partial charge in [0.25, 0.3) is 0 Å². The molecule has 1 saturated carbocycles. The number of nitrogens with one attached hydrogen (secondary N) is 4. The molecule has 2 aliphatic rings. The summed E-state index contributed by atoms with van der Waals surface area (Å²) in [6, 6.07) is 11.5. The Morgan fingerprint density at radius 3 is 2.74 bits per heavy atom. The molecule has 5 heteroatoms. The van der Waals surface area contributed by atoms with Crippen molar-refractivity contribution >= 4 is 33.4 Å². The molecule has 31 heavy (non-hydrogen) atoms. The fourth-order valence-electron chi connectivity index (χ4n) is 5.73. The van der Waals surface area contributed by atoms with E-state index in [1.807, 2.05) is 0 Å². The second-order valence-corrected chi connectivity index (χ2v) is 9.37. The van der Waals surface area contributed by atoms with Gasteiger partial charge in [-0.15, -0.1) is 0 Å². The molecule has 6 rings (SSSR count). The van der Waals surface area contributed by atoms with Gasteiger partial charge in [-0.05, 0) is 80.5 Å². The Bertz CT molecular complexity index is 1230. The highest BCUT2D eigenvalue weighted by molar-refractivity contribution is 5.88. The summed E-state index contributed by atoms with van der Waals surface area (Å²) in [4.78, 5) is 12.0. The third-order valence-electron chi connectivity index (χ3n) is 7.49. The van der Waals surface area contributed by atoms with Crippen LogP contribution in [0.5, 0.6) is 0 Å². The van der Waals surface area contributed by atoms with Crippen LogP contribution in [0.2, 0.25) is 0 Å². The van der Waals surface area contributed by atoms with Gasteiger partial charge in [-0.1, -0.05) is 25.3 Å². The highest BCUT2D eigenvalue weighted by Crippen LogP contribution is 2.37. The number of nitrogens with zero attached hydrogens (tertiary/aromatic N) is 1. The molecule has 0 amide bonds. The Morgan fingerprint density at radius 1 is 1.00 bits per heavy atom. The summed E-state index contributed by atoms with van der Waals surface area (Å²) in [6.07, 6.45) is 12.4. The van der Waals surface area contributed by atoms with Crippen LogP contribution in [-0.4, -0.2) is 28.0 Å². The van der Waals surface area contributed by atoms with Crippen molar-refractivity contribution in [1.82, 2.24) is 20.3 Å². The number of hydrogen-bond acceptors (Lipinski definition) is 3. The smallest absolute Gasteiger partial charge is 0.140 e. The SMILES string of the molecule is CNC1CCc2[nH]c3nc(Nc4ccc5c(C6CCCCC6)c[nH]c5c4)ccc3c2C1. The average Bonchev–Trinajstić information content (AvgIpc) is 3.39. The van der Waals surface area contributed by atoms with Crippen molar-refractivity contribution in [3.05, 3.63) is 53.3 Å². The Labute approximate surface area is 183 Å². The summed E-state index contributed by atoms with van der Waals surface area (Å²) in [5.41, 5.74) is 7.56. The van der Waals surface area contributed by atoms with E-state index in [-0.39, 0.29) is 0 Å². The van der Waals surface area contributed by atoms with Gasteiger partial charge in [0.2, 0.25) is 0 Å². The molecule has 0 saturated heterocycles. The van der Waals surface area contributed by atoms with E-state index in [9.17, 15) is 0 Å². The number of aromatic amines is 2. The molecule has 1 aromatic carbocycles. The molecule has 4 aromatic rings. The van der Waals surface area contributed by atoms with Gasteiger partial charge in [-0.25, -0.2) is 4.98 Å². The molecule has 1 unspecified atom stereocenters. The number of fused-ring (bicyclic) bond motifs is 4. The third kappa shape index (κ3) is 3.41. The highest BCUT2D eigenvalue weighted by Gasteiger charge is 2.22. The number of rotatable bonds is 4. The maximum absolute atomic E-state index is 4.89. The van der Waals surface area contributed by atoms with Crippen molar-refractivity contribution in [3.8, 4) is 0 Å². The first kappa shape index (κ1) is 18.9. The van der Waals surface area contributed by atoms with E-state index in [2.05, 4.69) is 64.2 Å². The summed E-state index contributed by atoms with van der Waals surface area (Å²) >= 11 is 0. The van der Waals surface area contributed by atoms with Gasteiger partial charge < -0.3 is 20.6 Å². The van der Waals surface area contributed by atoms with E-state index < -0.39 is 0 Å². The number of benzene rings is 1. The second-order valence-electron chi connectivity index (χ2n) is 9.37. The molecule has 3 aromatic heterocycles. The predicted octanol–water partition coefficient (Wildman–Crippen LogP) is 5.91. The van der Waals surface area contributed by atoms with Gasteiger partial charge in [-0.2, -0.15) is 0 Å². The van der Waals surface area contributed by atoms with E-state index in [1.54, 1.807) is 0 Å². The number of aromatic nitrogens is 3. The molecule has 2 aliphatic carbocycles. The molecule has 0 spiro atoms. The average molecular weight is 414 g/mol. The van der Waals surface area contributed by atoms with E-state index in [4.69, 9.17) is 4.98 Å². The molecule has 0 radical (unpaired) electrons. The first-order chi connectivity index (χ1) is 15.3. The van der Waals surface area contributed by atoms with Crippen LogP contribution in [0.1, 0.15) is 61.3 Å². The molecule has 1 fully saturated rings. The lowest BCUT2D eigenvalue weighted by molar-refractivity contribution is 0.445. The van der Waals surface area contributed by atoms with Crippen LogP contribution in [-0.2, 0) is 12.8 Å². The predicted molar refractivity (Wildman–Crippen MR) is 128 cm³/mol. The largest absolute Gasteiger partial charge is 0.361 e. The van der Waals surface area contributed by atoms with Crippen LogP contribution < -0.4 is 10.6 Å².